The zero-order valence-corrected chi connectivity index (χ0v) is 24.6. The van der Waals surface area contributed by atoms with E-state index in [-0.39, 0.29) is 12.5 Å². The maximum Gasteiger partial charge on any atom is 0.281 e. The molecule has 5 rings (SSSR count). The van der Waals surface area contributed by atoms with Gasteiger partial charge in [-0.2, -0.15) is 10.1 Å². The van der Waals surface area contributed by atoms with Gasteiger partial charge in [0, 0.05) is 21.2 Å². The first-order valence-electron chi connectivity index (χ1n) is 12.2. The Kier molecular flexibility index (Phi) is 8.55. The van der Waals surface area contributed by atoms with Gasteiger partial charge in [-0.1, -0.05) is 77.8 Å². The second kappa shape index (κ2) is 12.2. The lowest BCUT2D eigenvalue weighted by Crippen LogP contribution is -2.21. The second-order valence-corrected chi connectivity index (χ2v) is 10.6. The van der Waals surface area contributed by atoms with E-state index in [1.807, 2.05) is 91.9 Å². The fraction of sp³-hybridized carbons (Fsp3) is 0.0968. The molecule has 1 aliphatic heterocycles. The molecule has 0 fully saturated rings. The van der Waals surface area contributed by atoms with E-state index in [4.69, 9.17) is 37.8 Å². The second-order valence-electron chi connectivity index (χ2n) is 8.61. The van der Waals surface area contributed by atoms with Crippen LogP contribution in [0.5, 0.6) is 11.5 Å². The summed E-state index contributed by atoms with van der Waals surface area (Å²) in [7, 11) is 0. The smallest absolute Gasteiger partial charge is 0.281 e. The number of halogens is 3. The summed E-state index contributed by atoms with van der Waals surface area (Å²) < 4.78 is 12.9. The van der Waals surface area contributed by atoms with Crippen LogP contribution in [0.2, 0.25) is 10.0 Å². The van der Waals surface area contributed by atoms with Crippen molar-refractivity contribution in [2.75, 3.05) is 11.6 Å². The normalized spacial score (nSPS) is 14.1. The number of anilines is 1. The lowest BCUT2D eigenvalue weighted by Gasteiger charge is -2.16. The number of amides is 1. The van der Waals surface area contributed by atoms with E-state index in [0.717, 1.165) is 20.3 Å². The van der Waals surface area contributed by atoms with Crippen molar-refractivity contribution in [3.8, 4) is 11.5 Å². The van der Waals surface area contributed by atoms with Gasteiger partial charge in [0.25, 0.3) is 5.91 Å². The van der Waals surface area contributed by atoms with E-state index in [2.05, 4.69) is 22.6 Å². The first-order chi connectivity index (χ1) is 18.9. The number of hydrazone groups is 1. The molecular weight excluding hydrogens is 646 g/mol. The van der Waals surface area contributed by atoms with Crippen molar-refractivity contribution >= 4 is 69.2 Å². The minimum Gasteiger partial charge on any atom is -0.490 e. The molecule has 1 aliphatic rings. The van der Waals surface area contributed by atoms with Crippen LogP contribution in [-0.2, 0) is 11.4 Å². The number of ether oxygens (including phenoxy) is 2. The zero-order valence-electron chi connectivity index (χ0n) is 20.9. The van der Waals surface area contributed by atoms with Crippen LogP contribution in [0.3, 0.4) is 0 Å². The van der Waals surface area contributed by atoms with Crippen molar-refractivity contribution in [1.82, 2.24) is 0 Å². The van der Waals surface area contributed by atoms with Gasteiger partial charge >= 0.3 is 0 Å². The summed E-state index contributed by atoms with van der Waals surface area (Å²) in [5, 5.41) is 7.26. The van der Waals surface area contributed by atoms with Crippen molar-refractivity contribution in [3.05, 3.63) is 127 Å². The highest BCUT2D eigenvalue weighted by atomic mass is 127. The van der Waals surface area contributed by atoms with Crippen molar-refractivity contribution in [1.29, 1.82) is 0 Å². The molecule has 4 aromatic carbocycles. The van der Waals surface area contributed by atoms with Crippen LogP contribution in [0.15, 0.2) is 102 Å². The van der Waals surface area contributed by atoms with Crippen LogP contribution >= 0.6 is 45.8 Å². The maximum absolute atomic E-state index is 13.6. The van der Waals surface area contributed by atoms with Gasteiger partial charge < -0.3 is 9.47 Å². The lowest BCUT2D eigenvalue weighted by molar-refractivity contribution is -0.114. The van der Waals surface area contributed by atoms with Gasteiger partial charge in [-0.25, -0.2) is 0 Å². The summed E-state index contributed by atoms with van der Waals surface area (Å²) in [6.07, 6.45) is 1.85. The Labute approximate surface area is 250 Å². The van der Waals surface area contributed by atoms with Gasteiger partial charge in [-0.15, -0.1) is 0 Å². The molecule has 0 atom stereocenters. The van der Waals surface area contributed by atoms with Crippen molar-refractivity contribution < 1.29 is 14.3 Å². The molecule has 1 amide bonds. The summed E-state index contributed by atoms with van der Waals surface area (Å²) in [4.78, 5) is 13.6. The number of benzene rings is 4. The summed E-state index contributed by atoms with van der Waals surface area (Å²) in [6, 6.07) is 28.2. The Morgan fingerprint density at radius 2 is 1.64 bits per heavy atom. The Hall–Kier alpha value is -3.33. The number of carbonyl (C=O) groups is 1. The molecule has 0 spiro atoms. The summed E-state index contributed by atoms with van der Waals surface area (Å²) >= 11 is 14.6. The van der Waals surface area contributed by atoms with Crippen LogP contribution in [0.1, 0.15) is 23.6 Å². The van der Waals surface area contributed by atoms with Crippen molar-refractivity contribution in [3.63, 3.8) is 0 Å². The van der Waals surface area contributed by atoms with E-state index in [9.17, 15) is 4.79 Å². The third-order valence-corrected chi connectivity index (χ3v) is 7.34. The Morgan fingerprint density at radius 3 is 2.33 bits per heavy atom. The van der Waals surface area contributed by atoms with Crippen LogP contribution in [0.25, 0.3) is 6.08 Å². The lowest BCUT2D eigenvalue weighted by atomic mass is 10.00. The largest absolute Gasteiger partial charge is 0.490 e. The van der Waals surface area contributed by atoms with Crippen LogP contribution < -0.4 is 14.5 Å². The topological polar surface area (TPSA) is 51.1 Å². The molecule has 0 unspecified atom stereocenters. The van der Waals surface area contributed by atoms with Gasteiger partial charge in [-0.05, 0) is 77.6 Å². The third-order valence-electron chi connectivity index (χ3n) is 5.96. The molecule has 4 aromatic rings. The van der Waals surface area contributed by atoms with Crippen molar-refractivity contribution in [2.24, 2.45) is 5.10 Å². The average Bonchev–Trinajstić information content (AvgIpc) is 3.26. The monoisotopic (exact) mass is 668 g/mol. The van der Waals surface area contributed by atoms with Crippen LogP contribution in [0, 0.1) is 3.57 Å². The number of nitrogens with zero attached hydrogens (tertiary/aromatic N) is 2. The highest BCUT2D eigenvalue weighted by Gasteiger charge is 2.32. The number of hydrogen-bond donors (Lipinski definition) is 0. The van der Waals surface area contributed by atoms with Gasteiger partial charge in [-0.3, -0.25) is 4.79 Å². The first-order valence-corrected chi connectivity index (χ1v) is 14.1. The molecule has 0 bridgehead atoms. The fourth-order valence-corrected chi connectivity index (χ4v) is 5.37. The minimum absolute atomic E-state index is 0.203. The Bertz CT molecular complexity index is 1570. The Balaban J connectivity index is 1.51. The van der Waals surface area contributed by atoms with E-state index < -0.39 is 0 Å². The van der Waals surface area contributed by atoms with Crippen LogP contribution in [-0.4, -0.2) is 18.2 Å². The molecule has 0 saturated heterocycles. The molecule has 196 valence electrons. The van der Waals surface area contributed by atoms with Gasteiger partial charge in [0.2, 0.25) is 0 Å². The highest BCUT2D eigenvalue weighted by Crippen LogP contribution is 2.37. The summed E-state index contributed by atoms with van der Waals surface area (Å²) in [6.45, 7) is 2.61. The van der Waals surface area contributed by atoms with Gasteiger partial charge in [0.15, 0.2) is 11.5 Å². The van der Waals surface area contributed by atoms with Gasteiger partial charge in [0.05, 0.1) is 21.4 Å². The van der Waals surface area contributed by atoms with Crippen LogP contribution in [0.4, 0.5) is 5.69 Å². The first kappa shape index (κ1) is 27.2. The SMILES string of the molecule is CCOc1cc(/C=C2\C(=O)N(c3ccccc3)N=C2c2ccccc2)cc(I)c1OCc1ccc(Cl)cc1Cl. The van der Waals surface area contributed by atoms with Crippen molar-refractivity contribution in [2.45, 2.75) is 13.5 Å². The molecule has 0 saturated carbocycles. The number of hydrogen-bond acceptors (Lipinski definition) is 4. The summed E-state index contributed by atoms with van der Waals surface area (Å²) in [5.41, 5.74) is 4.26. The van der Waals surface area contributed by atoms with Gasteiger partial charge in [0.1, 0.15) is 12.3 Å². The number of rotatable bonds is 8. The molecule has 5 nitrogen and oxygen atoms in total. The fourth-order valence-electron chi connectivity index (χ4n) is 4.13. The zero-order chi connectivity index (χ0) is 27.4. The number of carbonyl (C=O) groups excluding carboxylic acids is 1. The molecule has 8 heteroatoms. The summed E-state index contributed by atoms with van der Waals surface area (Å²) in [5.74, 6) is 0.974. The standard InChI is InChI=1S/C31H23Cl2IN2O3/c1-2-38-28-17-20(16-27(34)30(28)39-19-22-13-14-23(32)18-26(22)33)15-25-29(21-9-5-3-6-10-21)35-36(31(25)37)24-11-7-4-8-12-24/h3-18H,2,19H2,1H3/b25-15-. The molecule has 0 radical (unpaired) electrons. The molecule has 1 heterocycles. The Morgan fingerprint density at radius 1 is 0.923 bits per heavy atom. The molecule has 0 aliphatic carbocycles. The van der Waals surface area contributed by atoms with E-state index in [1.165, 1.54) is 5.01 Å². The van der Waals surface area contributed by atoms with E-state index in [0.29, 0.717) is 45.1 Å². The number of para-hydroxylation sites is 1. The quantitative estimate of drug-likeness (QED) is 0.140. The van der Waals surface area contributed by atoms with E-state index in [1.54, 1.807) is 12.1 Å². The predicted octanol–water partition coefficient (Wildman–Crippen LogP) is 8.41. The predicted molar refractivity (Wildman–Crippen MR) is 166 cm³/mol. The average molecular weight is 669 g/mol. The molecular formula is C31H23Cl2IN2O3. The minimum atomic E-state index is -0.203. The molecule has 0 aromatic heterocycles. The highest BCUT2D eigenvalue weighted by molar-refractivity contribution is 14.1. The third kappa shape index (κ3) is 6.13. The molecule has 0 N–H and O–H groups in total. The molecule has 39 heavy (non-hydrogen) atoms. The maximum atomic E-state index is 13.6. The van der Waals surface area contributed by atoms with E-state index >= 15 is 0 Å².